The van der Waals surface area contributed by atoms with Crippen molar-refractivity contribution in [2.45, 2.75) is 19.8 Å². The molecule has 3 nitrogen and oxygen atoms in total. The molecule has 0 saturated heterocycles. The number of carbonyl (C=O) groups is 1. The molecule has 0 unspecified atom stereocenters. The number of fused-ring (bicyclic) bond motifs is 3. The van der Waals surface area contributed by atoms with Crippen LogP contribution in [0.25, 0.3) is 21.5 Å². The number of nitrogens with zero attached hydrogens (tertiary/aromatic N) is 1. The predicted octanol–water partition coefficient (Wildman–Crippen LogP) is 6.45. The van der Waals surface area contributed by atoms with Gasteiger partial charge in [-0.25, -0.2) is 18.0 Å². The van der Waals surface area contributed by atoms with E-state index in [-0.39, 0.29) is 16.7 Å². The number of aryl methyl sites for hydroxylation is 1. The summed E-state index contributed by atoms with van der Waals surface area (Å²) in [5.74, 6) is -4.58. The van der Waals surface area contributed by atoms with Crippen LogP contribution in [0.4, 0.5) is 13.2 Å². The van der Waals surface area contributed by atoms with Gasteiger partial charge in [-0.2, -0.15) is 5.26 Å². The summed E-state index contributed by atoms with van der Waals surface area (Å²) in [4.78, 5) is 12.5. The summed E-state index contributed by atoms with van der Waals surface area (Å²) in [5.41, 5.74) is 0.0289. The van der Waals surface area contributed by atoms with Crippen molar-refractivity contribution in [1.82, 2.24) is 0 Å². The maximum atomic E-state index is 15.2. The van der Waals surface area contributed by atoms with Crippen molar-refractivity contribution < 1.29 is 22.7 Å². The first-order chi connectivity index (χ1) is 14.9. The first kappa shape index (κ1) is 20.4. The van der Waals surface area contributed by atoms with Crippen LogP contribution >= 0.6 is 0 Å². The third-order valence-electron chi connectivity index (χ3n) is 5.11. The van der Waals surface area contributed by atoms with Crippen LogP contribution in [0.3, 0.4) is 0 Å². The fraction of sp³-hybridized carbons (Fsp3) is 0.120. The normalized spacial score (nSPS) is 10.9. The molecule has 0 aliphatic heterocycles. The van der Waals surface area contributed by atoms with E-state index in [9.17, 15) is 13.6 Å². The van der Waals surface area contributed by atoms with Crippen molar-refractivity contribution in [3.8, 4) is 11.8 Å². The Kier molecular flexibility index (Phi) is 5.35. The van der Waals surface area contributed by atoms with Crippen molar-refractivity contribution >= 4 is 27.5 Å². The minimum atomic E-state index is -1.29. The highest BCUT2D eigenvalue weighted by atomic mass is 19.1. The van der Waals surface area contributed by atoms with E-state index < -0.39 is 29.0 Å². The molecular weight excluding hydrogens is 403 g/mol. The molecule has 0 fully saturated rings. The average molecular weight is 419 g/mol. The Labute approximate surface area is 176 Å². The predicted molar refractivity (Wildman–Crippen MR) is 111 cm³/mol. The van der Waals surface area contributed by atoms with Crippen molar-refractivity contribution in [2.75, 3.05) is 0 Å². The lowest BCUT2D eigenvalue weighted by Crippen LogP contribution is -2.14. The Hall–Kier alpha value is -3.85. The summed E-state index contributed by atoms with van der Waals surface area (Å²) >= 11 is 0. The first-order valence-electron chi connectivity index (χ1n) is 9.68. The maximum absolute atomic E-state index is 15.2. The third kappa shape index (κ3) is 3.71. The van der Waals surface area contributed by atoms with E-state index >= 15 is 4.39 Å². The van der Waals surface area contributed by atoms with Crippen molar-refractivity contribution in [3.63, 3.8) is 0 Å². The van der Waals surface area contributed by atoms with Gasteiger partial charge >= 0.3 is 5.97 Å². The van der Waals surface area contributed by atoms with Gasteiger partial charge in [0.1, 0.15) is 34.8 Å². The van der Waals surface area contributed by atoms with Crippen LogP contribution in [-0.4, -0.2) is 5.97 Å². The van der Waals surface area contributed by atoms with Gasteiger partial charge in [-0.15, -0.1) is 0 Å². The number of benzene rings is 4. The Bertz CT molecular complexity index is 1390. The van der Waals surface area contributed by atoms with Gasteiger partial charge in [-0.05, 0) is 46.3 Å². The van der Waals surface area contributed by atoms with Crippen LogP contribution in [-0.2, 0) is 6.42 Å². The molecule has 0 heterocycles. The first-order valence-corrected chi connectivity index (χ1v) is 9.68. The molecule has 4 rings (SSSR count). The lowest BCUT2D eigenvalue weighted by molar-refractivity contribution is 0.0724. The summed E-state index contributed by atoms with van der Waals surface area (Å²) in [6.45, 7) is 2.07. The smallest absolute Gasteiger partial charge is 0.349 e. The molecule has 0 radical (unpaired) electrons. The quantitative estimate of drug-likeness (QED) is 0.217. The van der Waals surface area contributed by atoms with Gasteiger partial charge in [0.15, 0.2) is 0 Å². The average Bonchev–Trinajstić information content (AvgIpc) is 2.74. The second-order valence-corrected chi connectivity index (χ2v) is 7.16. The van der Waals surface area contributed by atoms with Crippen LogP contribution < -0.4 is 4.74 Å². The van der Waals surface area contributed by atoms with Crippen LogP contribution in [0, 0.1) is 28.8 Å². The van der Waals surface area contributed by atoms with Crippen LogP contribution in [0.5, 0.6) is 5.75 Å². The highest BCUT2D eigenvalue weighted by Gasteiger charge is 2.23. The van der Waals surface area contributed by atoms with Gasteiger partial charge in [0.2, 0.25) is 0 Å². The topological polar surface area (TPSA) is 50.1 Å². The molecule has 31 heavy (non-hydrogen) atoms. The Morgan fingerprint density at radius 3 is 2.42 bits per heavy atom. The molecule has 4 aromatic carbocycles. The minimum Gasteiger partial charge on any atom is -0.423 e. The fourth-order valence-corrected chi connectivity index (χ4v) is 3.63. The molecule has 0 aromatic heterocycles. The second kappa shape index (κ2) is 8.11. The van der Waals surface area contributed by atoms with E-state index in [1.807, 2.05) is 18.2 Å². The number of hydrogen-bond donors (Lipinski definition) is 0. The number of hydrogen-bond acceptors (Lipinski definition) is 3. The fourth-order valence-electron chi connectivity index (χ4n) is 3.63. The van der Waals surface area contributed by atoms with Crippen molar-refractivity contribution in [1.29, 1.82) is 5.26 Å². The zero-order valence-electron chi connectivity index (χ0n) is 16.5. The highest BCUT2D eigenvalue weighted by Crippen LogP contribution is 2.32. The summed E-state index contributed by atoms with van der Waals surface area (Å²) in [6.07, 6.45) is 1.88. The van der Waals surface area contributed by atoms with Crippen LogP contribution in [0.1, 0.15) is 34.8 Å². The van der Waals surface area contributed by atoms with Gasteiger partial charge in [0, 0.05) is 11.5 Å². The second-order valence-electron chi connectivity index (χ2n) is 7.16. The summed E-state index contributed by atoms with van der Waals surface area (Å²) in [7, 11) is 0. The standard InChI is InChI=1S/C25H16F3NO2/c1-2-3-14-4-8-18-15(10-14)6-9-19-20(18)12-22(27)23(24(19)28)25(30)31-17-7-5-16(13-29)21(26)11-17/h4-12H,2-3H2,1H3. The molecule has 0 aliphatic carbocycles. The molecule has 0 spiro atoms. The minimum absolute atomic E-state index is 0.0788. The van der Waals surface area contributed by atoms with Crippen molar-refractivity contribution in [3.05, 3.63) is 88.7 Å². The van der Waals surface area contributed by atoms with E-state index in [0.29, 0.717) is 10.8 Å². The molecule has 6 heteroatoms. The van der Waals surface area contributed by atoms with E-state index in [1.54, 1.807) is 12.1 Å². The van der Waals surface area contributed by atoms with Crippen LogP contribution in [0.15, 0.2) is 54.6 Å². The van der Waals surface area contributed by atoms with Crippen molar-refractivity contribution in [2.24, 2.45) is 0 Å². The Morgan fingerprint density at radius 1 is 0.935 bits per heavy atom. The van der Waals surface area contributed by atoms with E-state index in [4.69, 9.17) is 10.00 Å². The van der Waals surface area contributed by atoms with Gasteiger partial charge in [0.05, 0.1) is 5.56 Å². The maximum Gasteiger partial charge on any atom is 0.349 e. The Morgan fingerprint density at radius 2 is 1.71 bits per heavy atom. The molecule has 0 amide bonds. The summed E-state index contributed by atoms with van der Waals surface area (Å²) in [5, 5.41) is 10.7. The number of halogens is 3. The number of nitriles is 1. The molecule has 0 N–H and O–H groups in total. The van der Waals surface area contributed by atoms with E-state index in [0.717, 1.165) is 42.0 Å². The SMILES string of the molecule is CCCc1ccc2c(ccc3c(F)c(C(=O)Oc4ccc(C#N)c(F)c4)c(F)cc32)c1. The van der Waals surface area contributed by atoms with E-state index in [2.05, 4.69) is 6.92 Å². The molecule has 0 saturated carbocycles. The number of rotatable bonds is 4. The highest BCUT2D eigenvalue weighted by molar-refractivity contribution is 6.10. The molecule has 0 bridgehead atoms. The van der Waals surface area contributed by atoms with Gasteiger partial charge < -0.3 is 4.74 Å². The summed E-state index contributed by atoms with van der Waals surface area (Å²) < 4.78 is 48.6. The molecular formula is C25H16F3NO2. The van der Waals surface area contributed by atoms with Crippen LogP contribution in [0.2, 0.25) is 0 Å². The van der Waals surface area contributed by atoms with Gasteiger partial charge in [-0.3, -0.25) is 0 Å². The zero-order chi connectivity index (χ0) is 22.1. The lowest BCUT2D eigenvalue weighted by atomic mass is 9.97. The number of ether oxygens (including phenoxy) is 1. The molecule has 0 aliphatic rings. The zero-order valence-corrected chi connectivity index (χ0v) is 16.5. The monoisotopic (exact) mass is 419 g/mol. The van der Waals surface area contributed by atoms with Gasteiger partial charge in [0.25, 0.3) is 0 Å². The third-order valence-corrected chi connectivity index (χ3v) is 5.11. The Balaban J connectivity index is 1.77. The lowest BCUT2D eigenvalue weighted by Gasteiger charge is -2.11. The molecule has 154 valence electrons. The van der Waals surface area contributed by atoms with Gasteiger partial charge in [-0.1, -0.05) is 43.7 Å². The molecule has 0 atom stereocenters. The number of esters is 1. The largest absolute Gasteiger partial charge is 0.423 e. The molecule has 4 aromatic rings. The number of carbonyl (C=O) groups excluding carboxylic acids is 1. The summed E-state index contributed by atoms with van der Waals surface area (Å²) in [6, 6.07) is 14.8. The van der Waals surface area contributed by atoms with E-state index in [1.165, 1.54) is 12.1 Å².